The largest absolute Gasteiger partial charge is 0.475 e. The van der Waals surface area contributed by atoms with Crippen molar-refractivity contribution in [3.8, 4) is 0 Å². The first-order chi connectivity index (χ1) is 6.99. The van der Waals surface area contributed by atoms with Crippen LogP contribution in [-0.2, 0) is 11.2 Å². The molecule has 80 valence electrons. The lowest BCUT2D eigenvalue weighted by atomic mass is 10.0. The lowest BCUT2D eigenvalue weighted by molar-refractivity contribution is -0.131. The third kappa shape index (κ3) is 2.30. The minimum atomic E-state index is -1.50. The van der Waals surface area contributed by atoms with Crippen LogP contribution in [0, 0.1) is 0 Å². The third-order valence-corrected chi connectivity index (χ3v) is 2.83. The molecular formula is C10H8Cl2O3. The highest BCUT2D eigenvalue weighted by atomic mass is 35.5. The SMILES string of the molecule is CCc1c(C(=O)C(=O)O)ccc(Cl)c1Cl. The number of carbonyl (C=O) groups is 2. The van der Waals surface area contributed by atoms with Gasteiger partial charge in [0.2, 0.25) is 0 Å². The maximum atomic E-state index is 11.3. The average Bonchev–Trinajstić information content (AvgIpc) is 2.20. The van der Waals surface area contributed by atoms with Gasteiger partial charge in [0.15, 0.2) is 0 Å². The summed E-state index contributed by atoms with van der Waals surface area (Å²) < 4.78 is 0. The predicted octanol–water partition coefficient (Wildman–Crippen LogP) is 2.82. The molecule has 0 saturated heterocycles. The maximum Gasteiger partial charge on any atom is 0.377 e. The summed E-state index contributed by atoms with van der Waals surface area (Å²) in [5.41, 5.74) is 0.566. The van der Waals surface area contributed by atoms with Crippen LogP contribution in [0.5, 0.6) is 0 Å². The van der Waals surface area contributed by atoms with Gasteiger partial charge in [-0.2, -0.15) is 0 Å². The molecule has 0 spiro atoms. The molecule has 3 nitrogen and oxygen atoms in total. The van der Waals surface area contributed by atoms with Crippen LogP contribution in [0.25, 0.3) is 0 Å². The van der Waals surface area contributed by atoms with Gasteiger partial charge in [-0.15, -0.1) is 0 Å². The van der Waals surface area contributed by atoms with E-state index in [4.69, 9.17) is 28.3 Å². The predicted molar refractivity (Wildman–Crippen MR) is 57.8 cm³/mol. The Balaban J connectivity index is 3.37. The Bertz CT molecular complexity index is 427. The lowest BCUT2D eigenvalue weighted by Crippen LogP contribution is -2.15. The smallest absolute Gasteiger partial charge is 0.377 e. The summed E-state index contributed by atoms with van der Waals surface area (Å²) in [7, 11) is 0. The topological polar surface area (TPSA) is 54.4 Å². The van der Waals surface area contributed by atoms with E-state index in [-0.39, 0.29) is 10.6 Å². The number of carbonyl (C=O) groups excluding carboxylic acids is 1. The molecule has 5 heteroatoms. The maximum absolute atomic E-state index is 11.3. The van der Waals surface area contributed by atoms with E-state index in [0.717, 1.165) is 0 Å². The second-order valence-corrected chi connectivity index (χ2v) is 3.66. The lowest BCUT2D eigenvalue weighted by Gasteiger charge is -2.07. The normalized spacial score (nSPS) is 10.1. The van der Waals surface area contributed by atoms with Gasteiger partial charge in [0, 0.05) is 5.56 Å². The number of hydrogen-bond donors (Lipinski definition) is 1. The van der Waals surface area contributed by atoms with Gasteiger partial charge in [-0.3, -0.25) is 4.79 Å². The molecule has 0 unspecified atom stereocenters. The Hall–Kier alpha value is -1.06. The van der Waals surface area contributed by atoms with Crippen LogP contribution >= 0.6 is 23.2 Å². The Kier molecular flexibility index (Phi) is 3.72. The first kappa shape index (κ1) is 12.0. The summed E-state index contributed by atoms with van der Waals surface area (Å²) in [5.74, 6) is -2.46. The Labute approximate surface area is 96.6 Å². The molecule has 0 aliphatic heterocycles. The Morgan fingerprint density at radius 3 is 2.40 bits per heavy atom. The number of Topliss-reactive ketones (excluding diaryl/α,β-unsaturated/α-hetero) is 1. The first-order valence-corrected chi connectivity index (χ1v) is 4.99. The second-order valence-electron chi connectivity index (χ2n) is 2.88. The molecule has 0 aliphatic rings. The number of rotatable bonds is 3. The molecule has 0 atom stereocenters. The molecule has 15 heavy (non-hydrogen) atoms. The summed E-state index contributed by atoms with van der Waals surface area (Å²) in [5, 5.41) is 9.15. The van der Waals surface area contributed by atoms with Crippen molar-refractivity contribution in [2.45, 2.75) is 13.3 Å². The van der Waals surface area contributed by atoms with Crippen molar-refractivity contribution in [2.75, 3.05) is 0 Å². The number of carboxylic acids is 1. The van der Waals surface area contributed by atoms with Crippen LogP contribution in [0.15, 0.2) is 12.1 Å². The highest BCUT2D eigenvalue weighted by Crippen LogP contribution is 2.29. The van der Waals surface area contributed by atoms with Crippen LogP contribution in [0.2, 0.25) is 10.0 Å². The van der Waals surface area contributed by atoms with Gasteiger partial charge in [0.05, 0.1) is 10.0 Å². The summed E-state index contributed by atoms with van der Waals surface area (Å²) >= 11 is 11.6. The van der Waals surface area contributed by atoms with E-state index >= 15 is 0 Å². The Morgan fingerprint density at radius 1 is 1.33 bits per heavy atom. The van der Waals surface area contributed by atoms with E-state index in [9.17, 15) is 9.59 Å². The quantitative estimate of drug-likeness (QED) is 0.660. The van der Waals surface area contributed by atoms with Crippen molar-refractivity contribution in [1.82, 2.24) is 0 Å². The van der Waals surface area contributed by atoms with Gasteiger partial charge in [-0.05, 0) is 24.1 Å². The van der Waals surface area contributed by atoms with Gasteiger partial charge in [-0.1, -0.05) is 30.1 Å². The Morgan fingerprint density at radius 2 is 1.93 bits per heavy atom. The minimum Gasteiger partial charge on any atom is -0.475 e. The summed E-state index contributed by atoms with van der Waals surface area (Å²) in [6, 6.07) is 2.79. The average molecular weight is 247 g/mol. The van der Waals surface area contributed by atoms with E-state index in [1.54, 1.807) is 6.92 Å². The molecular weight excluding hydrogens is 239 g/mol. The van der Waals surface area contributed by atoms with Crippen LogP contribution in [-0.4, -0.2) is 16.9 Å². The molecule has 0 radical (unpaired) electrons. The highest BCUT2D eigenvalue weighted by molar-refractivity contribution is 6.45. The second kappa shape index (κ2) is 4.64. The van der Waals surface area contributed by atoms with Gasteiger partial charge < -0.3 is 5.11 Å². The molecule has 0 amide bonds. The number of hydrogen-bond acceptors (Lipinski definition) is 2. The van der Waals surface area contributed by atoms with E-state index in [1.807, 2.05) is 0 Å². The fourth-order valence-electron chi connectivity index (χ4n) is 1.27. The minimum absolute atomic E-state index is 0.0967. The first-order valence-electron chi connectivity index (χ1n) is 4.23. The number of halogens is 2. The van der Waals surface area contributed by atoms with E-state index in [0.29, 0.717) is 17.0 Å². The van der Waals surface area contributed by atoms with E-state index < -0.39 is 11.8 Å². The molecule has 0 aliphatic carbocycles. The molecule has 1 aromatic rings. The molecule has 0 fully saturated rings. The fraction of sp³-hybridized carbons (Fsp3) is 0.200. The molecule has 1 N–H and O–H groups in total. The van der Waals surface area contributed by atoms with Gasteiger partial charge in [0.25, 0.3) is 5.78 Å². The molecule has 1 aromatic carbocycles. The van der Waals surface area contributed by atoms with E-state index in [2.05, 4.69) is 0 Å². The van der Waals surface area contributed by atoms with Crippen molar-refractivity contribution < 1.29 is 14.7 Å². The van der Waals surface area contributed by atoms with Crippen molar-refractivity contribution in [3.63, 3.8) is 0 Å². The van der Waals surface area contributed by atoms with Crippen LogP contribution < -0.4 is 0 Å². The van der Waals surface area contributed by atoms with Gasteiger partial charge in [0.1, 0.15) is 0 Å². The molecule has 0 heterocycles. The van der Waals surface area contributed by atoms with Crippen LogP contribution in [0.1, 0.15) is 22.8 Å². The zero-order valence-corrected chi connectivity index (χ0v) is 9.39. The zero-order chi connectivity index (χ0) is 11.6. The highest BCUT2D eigenvalue weighted by Gasteiger charge is 2.20. The van der Waals surface area contributed by atoms with Gasteiger partial charge in [-0.25, -0.2) is 4.79 Å². The van der Waals surface area contributed by atoms with Crippen molar-refractivity contribution in [2.24, 2.45) is 0 Å². The molecule has 0 bridgehead atoms. The van der Waals surface area contributed by atoms with Crippen LogP contribution in [0.3, 0.4) is 0 Å². The molecule has 0 saturated carbocycles. The van der Waals surface area contributed by atoms with Crippen molar-refractivity contribution in [3.05, 3.63) is 33.3 Å². The van der Waals surface area contributed by atoms with E-state index in [1.165, 1.54) is 12.1 Å². The number of ketones is 1. The molecule has 1 rings (SSSR count). The summed E-state index contributed by atoms with van der Waals surface area (Å²) in [6.45, 7) is 1.77. The number of carboxylic acid groups (broad SMARTS) is 1. The third-order valence-electron chi connectivity index (χ3n) is 1.99. The zero-order valence-electron chi connectivity index (χ0n) is 7.88. The van der Waals surface area contributed by atoms with Gasteiger partial charge >= 0.3 is 5.97 Å². The number of aliphatic carboxylic acids is 1. The van der Waals surface area contributed by atoms with Crippen molar-refractivity contribution >= 4 is 35.0 Å². The standard InChI is InChI=1S/C10H8Cl2O3/c1-2-5-6(9(13)10(14)15)3-4-7(11)8(5)12/h3-4H,2H2,1H3,(H,14,15). The summed E-state index contributed by atoms with van der Waals surface area (Å²) in [4.78, 5) is 21.8. The monoisotopic (exact) mass is 246 g/mol. The summed E-state index contributed by atoms with van der Waals surface area (Å²) in [6.07, 6.45) is 0.452. The molecule has 0 aromatic heterocycles. The number of benzene rings is 1. The fourth-order valence-corrected chi connectivity index (χ4v) is 1.74. The van der Waals surface area contributed by atoms with Crippen LogP contribution in [0.4, 0.5) is 0 Å². The van der Waals surface area contributed by atoms with Crippen molar-refractivity contribution in [1.29, 1.82) is 0 Å².